The SMILES string of the molecule is CC(C)N1CN2c3ccccc3C(C)(C)c3cccc1c32. The highest BCUT2D eigenvalue weighted by Crippen LogP contribution is 2.54. The van der Waals surface area contributed by atoms with E-state index in [0.717, 1.165) is 6.67 Å². The Morgan fingerprint density at radius 3 is 2.33 bits per heavy atom. The monoisotopic (exact) mass is 278 g/mol. The van der Waals surface area contributed by atoms with E-state index >= 15 is 0 Å². The molecule has 108 valence electrons. The summed E-state index contributed by atoms with van der Waals surface area (Å²) in [6.45, 7) is 10.2. The third-order valence-electron chi connectivity index (χ3n) is 5.05. The van der Waals surface area contributed by atoms with Crippen molar-refractivity contribution in [3.63, 3.8) is 0 Å². The minimum atomic E-state index is 0.0609. The zero-order chi connectivity index (χ0) is 14.8. The van der Waals surface area contributed by atoms with Crippen molar-refractivity contribution in [2.24, 2.45) is 0 Å². The first kappa shape index (κ1) is 12.8. The third-order valence-corrected chi connectivity index (χ3v) is 5.05. The summed E-state index contributed by atoms with van der Waals surface area (Å²) in [4.78, 5) is 4.99. The fourth-order valence-electron chi connectivity index (χ4n) is 3.87. The van der Waals surface area contributed by atoms with Crippen molar-refractivity contribution in [1.29, 1.82) is 0 Å². The molecule has 2 aromatic carbocycles. The van der Waals surface area contributed by atoms with Crippen molar-refractivity contribution < 1.29 is 0 Å². The number of hydrogen-bond donors (Lipinski definition) is 0. The lowest BCUT2D eigenvalue weighted by molar-refractivity contribution is 0.627. The summed E-state index contributed by atoms with van der Waals surface area (Å²) >= 11 is 0. The normalized spacial score (nSPS) is 18.0. The average molecular weight is 278 g/mol. The van der Waals surface area contributed by atoms with Crippen LogP contribution in [0.25, 0.3) is 0 Å². The van der Waals surface area contributed by atoms with Crippen LogP contribution in [0.3, 0.4) is 0 Å². The lowest BCUT2D eigenvalue weighted by atomic mass is 9.74. The minimum absolute atomic E-state index is 0.0609. The van der Waals surface area contributed by atoms with Crippen LogP contribution in [0.15, 0.2) is 42.5 Å². The van der Waals surface area contributed by atoms with E-state index in [1.165, 1.54) is 28.2 Å². The van der Waals surface area contributed by atoms with Gasteiger partial charge < -0.3 is 9.80 Å². The average Bonchev–Trinajstić information content (AvgIpc) is 2.86. The van der Waals surface area contributed by atoms with E-state index in [-0.39, 0.29) is 5.41 Å². The zero-order valence-corrected chi connectivity index (χ0v) is 13.2. The molecule has 2 aromatic rings. The molecule has 0 unspecified atom stereocenters. The van der Waals surface area contributed by atoms with Gasteiger partial charge in [-0.15, -0.1) is 0 Å². The summed E-state index contributed by atoms with van der Waals surface area (Å²) in [5.74, 6) is 0. The Morgan fingerprint density at radius 2 is 1.57 bits per heavy atom. The van der Waals surface area contributed by atoms with E-state index in [2.05, 4.69) is 80.0 Å². The van der Waals surface area contributed by atoms with E-state index in [0.29, 0.717) is 6.04 Å². The maximum atomic E-state index is 2.50. The Balaban J connectivity index is 2.03. The highest BCUT2D eigenvalue weighted by atomic mass is 15.4. The Bertz CT molecular complexity index is 715. The quantitative estimate of drug-likeness (QED) is 0.749. The molecule has 0 atom stereocenters. The van der Waals surface area contributed by atoms with Crippen molar-refractivity contribution in [3.05, 3.63) is 53.6 Å². The van der Waals surface area contributed by atoms with Crippen LogP contribution in [-0.2, 0) is 5.41 Å². The Labute approximate surface area is 127 Å². The molecule has 0 fully saturated rings. The molecule has 2 heteroatoms. The van der Waals surface area contributed by atoms with Crippen molar-refractivity contribution in [2.45, 2.75) is 39.2 Å². The second-order valence-corrected chi connectivity index (χ2v) is 6.95. The summed E-state index contributed by atoms with van der Waals surface area (Å²) in [7, 11) is 0. The van der Waals surface area contributed by atoms with Crippen molar-refractivity contribution in [3.8, 4) is 0 Å². The van der Waals surface area contributed by atoms with Gasteiger partial charge in [0.2, 0.25) is 0 Å². The van der Waals surface area contributed by atoms with Crippen LogP contribution < -0.4 is 9.80 Å². The molecule has 0 radical (unpaired) electrons. The summed E-state index contributed by atoms with van der Waals surface area (Å²) in [5, 5.41) is 0. The largest absolute Gasteiger partial charge is 0.349 e. The molecule has 0 aromatic heterocycles. The molecule has 0 saturated carbocycles. The van der Waals surface area contributed by atoms with Crippen LogP contribution in [0.5, 0.6) is 0 Å². The topological polar surface area (TPSA) is 6.48 Å². The van der Waals surface area contributed by atoms with Gasteiger partial charge in [-0.2, -0.15) is 0 Å². The van der Waals surface area contributed by atoms with Gasteiger partial charge in [0, 0.05) is 17.1 Å². The number of para-hydroxylation sites is 2. The Morgan fingerprint density at radius 1 is 0.905 bits per heavy atom. The number of nitrogens with zero attached hydrogens (tertiary/aromatic N) is 2. The zero-order valence-electron chi connectivity index (χ0n) is 13.2. The molecule has 0 amide bonds. The van der Waals surface area contributed by atoms with Crippen LogP contribution >= 0.6 is 0 Å². The highest BCUT2D eigenvalue weighted by Gasteiger charge is 2.41. The Kier molecular flexibility index (Phi) is 2.45. The number of anilines is 3. The number of benzene rings is 2. The number of hydrogen-bond acceptors (Lipinski definition) is 2. The van der Waals surface area contributed by atoms with E-state index in [4.69, 9.17) is 0 Å². The predicted octanol–water partition coefficient (Wildman–Crippen LogP) is 4.65. The van der Waals surface area contributed by atoms with E-state index in [1.807, 2.05) is 0 Å². The standard InChI is InChI=1S/C19H22N2/c1-13(2)20-12-21-16-10-6-5-8-14(16)19(3,4)15-9-7-11-17(20)18(15)21/h5-11,13H,12H2,1-4H3. The lowest BCUT2D eigenvalue weighted by Crippen LogP contribution is -2.36. The first-order chi connectivity index (χ1) is 10.0. The third kappa shape index (κ3) is 1.53. The molecule has 2 aliphatic heterocycles. The molecule has 0 spiro atoms. The van der Waals surface area contributed by atoms with Crippen LogP contribution in [0.4, 0.5) is 17.1 Å². The van der Waals surface area contributed by atoms with Gasteiger partial charge in [-0.3, -0.25) is 0 Å². The first-order valence-electron chi connectivity index (χ1n) is 7.79. The van der Waals surface area contributed by atoms with Gasteiger partial charge in [0.15, 0.2) is 0 Å². The first-order valence-corrected chi connectivity index (χ1v) is 7.79. The van der Waals surface area contributed by atoms with E-state index in [1.54, 1.807) is 0 Å². The summed E-state index contributed by atoms with van der Waals surface area (Å²) in [5.41, 5.74) is 7.10. The molecular weight excluding hydrogens is 256 g/mol. The molecule has 21 heavy (non-hydrogen) atoms. The van der Waals surface area contributed by atoms with Crippen molar-refractivity contribution in [2.75, 3.05) is 16.5 Å². The maximum Gasteiger partial charge on any atom is 0.0955 e. The smallest absolute Gasteiger partial charge is 0.0955 e. The number of fused-ring (bicyclic) bond motifs is 2. The van der Waals surface area contributed by atoms with Gasteiger partial charge in [-0.25, -0.2) is 0 Å². The molecule has 2 nitrogen and oxygen atoms in total. The number of rotatable bonds is 1. The van der Waals surface area contributed by atoms with Gasteiger partial charge in [-0.05, 0) is 37.1 Å². The molecular formula is C19H22N2. The van der Waals surface area contributed by atoms with Gasteiger partial charge >= 0.3 is 0 Å². The van der Waals surface area contributed by atoms with Crippen LogP contribution in [0, 0.1) is 0 Å². The van der Waals surface area contributed by atoms with Crippen LogP contribution in [0.2, 0.25) is 0 Å². The summed E-state index contributed by atoms with van der Waals surface area (Å²) in [6.07, 6.45) is 0. The summed E-state index contributed by atoms with van der Waals surface area (Å²) < 4.78 is 0. The molecule has 4 rings (SSSR count). The lowest BCUT2D eigenvalue weighted by Gasteiger charge is -2.39. The second kappa shape index (κ2) is 4.03. The Hall–Kier alpha value is -1.96. The van der Waals surface area contributed by atoms with Crippen molar-refractivity contribution in [1.82, 2.24) is 0 Å². The van der Waals surface area contributed by atoms with Gasteiger partial charge in [-0.1, -0.05) is 44.2 Å². The predicted molar refractivity (Wildman–Crippen MR) is 89.6 cm³/mol. The highest BCUT2D eigenvalue weighted by molar-refractivity contribution is 5.90. The maximum absolute atomic E-state index is 2.50. The van der Waals surface area contributed by atoms with Gasteiger partial charge in [0.05, 0.1) is 18.0 Å². The van der Waals surface area contributed by atoms with E-state index in [9.17, 15) is 0 Å². The van der Waals surface area contributed by atoms with Gasteiger partial charge in [0.25, 0.3) is 0 Å². The molecule has 0 aliphatic carbocycles. The molecule has 0 N–H and O–H groups in total. The fraction of sp³-hybridized carbons (Fsp3) is 0.368. The fourth-order valence-corrected chi connectivity index (χ4v) is 3.87. The van der Waals surface area contributed by atoms with Crippen LogP contribution in [0.1, 0.15) is 38.8 Å². The summed E-state index contributed by atoms with van der Waals surface area (Å²) in [6, 6.07) is 16.1. The molecule has 0 bridgehead atoms. The van der Waals surface area contributed by atoms with Gasteiger partial charge in [0.1, 0.15) is 0 Å². The molecule has 2 aliphatic rings. The van der Waals surface area contributed by atoms with E-state index < -0.39 is 0 Å². The van der Waals surface area contributed by atoms with Crippen LogP contribution in [-0.4, -0.2) is 12.7 Å². The minimum Gasteiger partial charge on any atom is -0.349 e. The molecule has 0 saturated heterocycles. The van der Waals surface area contributed by atoms with Crippen molar-refractivity contribution >= 4 is 17.1 Å². The molecule has 2 heterocycles. The second-order valence-electron chi connectivity index (χ2n) is 6.95.